The fourth-order valence-corrected chi connectivity index (χ4v) is 3.04. The fraction of sp³-hybridized carbons (Fsp3) is 0.150. The lowest BCUT2D eigenvalue weighted by Crippen LogP contribution is -2.30. The standard InChI is InChI=1S/C20H14F4N6O2/c1-10(2)13-7-17-29(9-16(31)27-15-6-3-11(21)8-25-15)19(32)12-4-5-14(20(22,23)24)26-18(12)30(17)28-13/h3-8H,1,9H2,2H3,(H,25,27,31). The van der Waals surface area contributed by atoms with Crippen LogP contribution in [0.25, 0.3) is 22.3 Å². The van der Waals surface area contributed by atoms with Crippen molar-refractivity contribution in [1.29, 1.82) is 0 Å². The van der Waals surface area contributed by atoms with Gasteiger partial charge in [0.1, 0.15) is 29.5 Å². The van der Waals surface area contributed by atoms with E-state index in [9.17, 15) is 27.2 Å². The molecule has 4 heterocycles. The lowest BCUT2D eigenvalue weighted by molar-refractivity contribution is -0.141. The average Bonchev–Trinajstić information content (AvgIpc) is 3.18. The number of pyridine rings is 2. The molecule has 0 atom stereocenters. The first-order valence-electron chi connectivity index (χ1n) is 9.12. The molecule has 8 nitrogen and oxygen atoms in total. The summed E-state index contributed by atoms with van der Waals surface area (Å²) < 4.78 is 54.6. The van der Waals surface area contributed by atoms with Crippen LogP contribution in [0.1, 0.15) is 18.3 Å². The number of carbonyl (C=O) groups is 1. The highest BCUT2D eigenvalue weighted by atomic mass is 19.4. The van der Waals surface area contributed by atoms with Crippen LogP contribution in [-0.4, -0.2) is 30.1 Å². The minimum atomic E-state index is -4.72. The lowest BCUT2D eigenvalue weighted by Gasteiger charge is -2.12. The van der Waals surface area contributed by atoms with Crippen LogP contribution >= 0.6 is 0 Å². The van der Waals surface area contributed by atoms with Crippen LogP contribution < -0.4 is 10.9 Å². The number of rotatable bonds is 4. The number of nitrogens with one attached hydrogen (secondary N) is 1. The smallest absolute Gasteiger partial charge is 0.309 e. The zero-order valence-corrected chi connectivity index (χ0v) is 16.4. The van der Waals surface area contributed by atoms with Gasteiger partial charge in [-0.3, -0.25) is 14.2 Å². The van der Waals surface area contributed by atoms with Gasteiger partial charge in [-0.1, -0.05) is 6.58 Å². The zero-order chi connectivity index (χ0) is 23.2. The molecule has 1 amide bonds. The molecule has 4 aromatic rings. The Morgan fingerprint density at radius 2 is 1.97 bits per heavy atom. The highest BCUT2D eigenvalue weighted by Gasteiger charge is 2.33. The van der Waals surface area contributed by atoms with Gasteiger partial charge < -0.3 is 5.32 Å². The monoisotopic (exact) mass is 446 g/mol. The van der Waals surface area contributed by atoms with Gasteiger partial charge in [0.2, 0.25) is 5.91 Å². The minimum absolute atomic E-state index is 0.0505. The van der Waals surface area contributed by atoms with E-state index in [4.69, 9.17) is 0 Å². The van der Waals surface area contributed by atoms with E-state index in [1.165, 1.54) is 12.1 Å². The Kier molecular flexibility index (Phi) is 4.99. The first-order valence-corrected chi connectivity index (χ1v) is 9.12. The van der Waals surface area contributed by atoms with E-state index in [2.05, 4.69) is 27.0 Å². The maximum absolute atomic E-state index is 13.2. The van der Waals surface area contributed by atoms with Crippen molar-refractivity contribution in [2.24, 2.45) is 0 Å². The molecule has 12 heteroatoms. The van der Waals surface area contributed by atoms with E-state index in [0.717, 1.165) is 27.4 Å². The Labute approximate surface area is 176 Å². The summed E-state index contributed by atoms with van der Waals surface area (Å²) >= 11 is 0. The van der Waals surface area contributed by atoms with E-state index in [1.54, 1.807) is 6.92 Å². The van der Waals surface area contributed by atoms with Crippen LogP contribution in [0.5, 0.6) is 0 Å². The normalized spacial score (nSPS) is 11.8. The quantitative estimate of drug-likeness (QED) is 0.486. The minimum Gasteiger partial charge on any atom is -0.309 e. The van der Waals surface area contributed by atoms with Crippen molar-refractivity contribution in [3.05, 3.63) is 70.7 Å². The summed E-state index contributed by atoms with van der Waals surface area (Å²) in [5, 5.41) is 6.48. The Bertz CT molecular complexity index is 1440. The summed E-state index contributed by atoms with van der Waals surface area (Å²) in [6.45, 7) is 4.88. The Balaban J connectivity index is 1.86. The molecule has 0 fully saturated rings. The van der Waals surface area contributed by atoms with Crippen molar-refractivity contribution < 1.29 is 22.4 Å². The van der Waals surface area contributed by atoms with Crippen molar-refractivity contribution in [3.8, 4) is 0 Å². The lowest BCUT2D eigenvalue weighted by atomic mass is 10.2. The van der Waals surface area contributed by atoms with E-state index in [1.807, 2.05) is 0 Å². The van der Waals surface area contributed by atoms with Gasteiger partial charge in [0.25, 0.3) is 5.56 Å². The van der Waals surface area contributed by atoms with Crippen molar-refractivity contribution in [2.45, 2.75) is 19.6 Å². The highest BCUT2D eigenvalue weighted by molar-refractivity contribution is 5.90. The second-order valence-corrected chi connectivity index (χ2v) is 6.95. The maximum Gasteiger partial charge on any atom is 0.433 e. The van der Waals surface area contributed by atoms with Gasteiger partial charge in [-0.15, -0.1) is 0 Å². The Hall–Kier alpha value is -4.09. The molecule has 164 valence electrons. The summed E-state index contributed by atoms with van der Waals surface area (Å²) in [5.41, 5.74) is -1.36. The molecule has 0 aliphatic rings. The predicted molar refractivity (Wildman–Crippen MR) is 107 cm³/mol. The number of carbonyl (C=O) groups excluding carboxylic acids is 1. The highest BCUT2D eigenvalue weighted by Crippen LogP contribution is 2.29. The number of fused-ring (bicyclic) bond motifs is 3. The largest absolute Gasteiger partial charge is 0.433 e. The zero-order valence-electron chi connectivity index (χ0n) is 16.4. The van der Waals surface area contributed by atoms with E-state index in [0.29, 0.717) is 17.3 Å². The molecule has 32 heavy (non-hydrogen) atoms. The second kappa shape index (κ2) is 7.55. The maximum atomic E-state index is 13.2. The number of anilines is 1. The average molecular weight is 446 g/mol. The van der Waals surface area contributed by atoms with Gasteiger partial charge >= 0.3 is 6.18 Å². The van der Waals surface area contributed by atoms with Crippen LogP contribution in [0.3, 0.4) is 0 Å². The third-order valence-corrected chi connectivity index (χ3v) is 4.54. The van der Waals surface area contributed by atoms with E-state index < -0.39 is 35.7 Å². The van der Waals surface area contributed by atoms with E-state index in [-0.39, 0.29) is 22.5 Å². The van der Waals surface area contributed by atoms with Crippen molar-refractivity contribution in [3.63, 3.8) is 0 Å². The third-order valence-electron chi connectivity index (χ3n) is 4.54. The number of nitrogens with zero attached hydrogens (tertiary/aromatic N) is 5. The van der Waals surface area contributed by atoms with Crippen LogP contribution in [0.4, 0.5) is 23.4 Å². The van der Waals surface area contributed by atoms with Gasteiger partial charge in [0.05, 0.1) is 17.3 Å². The number of allylic oxidation sites excluding steroid dienone is 1. The second-order valence-electron chi connectivity index (χ2n) is 6.95. The number of hydrogen-bond donors (Lipinski definition) is 1. The molecule has 0 saturated heterocycles. The molecule has 0 aliphatic carbocycles. The fourth-order valence-electron chi connectivity index (χ4n) is 3.04. The van der Waals surface area contributed by atoms with E-state index >= 15 is 0 Å². The SMILES string of the molecule is C=C(C)c1cc2n(CC(=O)Nc3ccc(F)cn3)c(=O)c3ccc(C(F)(F)F)nc3n2n1. The first kappa shape index (κ1) is 21.2. The molecule has 0 bridgehead atoms. The predicted octanol–water partition coefficient (Wildman–Crippen LogP) is 3.27. The van der Waals surface area contributed by atoms with Gasteiger partial charge in [0, 0.05) is 6.07 Å². The van der Waals surface area contributed by atoms with Gasteiger partial charge in [-0.05, 0) is 36.8 Å². The van der Waals surface area contributed by atoms with Gasteiger partial charge in [0.15, 0.2) is 5.65 Å². The molecule has 0 saturated carbocycles. The molecule has 1 N–H and O–H groups in total. The number of aromatic nitrogens is 5. The molecule has 0 aliphatic heterocycles. The first-order chi connectivity index (χ1) is 15.0. The van der Waals surface area contributed by atoms with Crippen LogP contribution in [0.2, 0.25) is 0 Å². The molecule has 4 rings (SSSR count). The summed E-state index contributed by atoms with van der Waals surface area (Å²) in [6, 6.07) is 5.45. The Morgan fingerprint density at radius 1 is 1.22 bits per heavy atom. The summed E-state index contributed by atoms with van der Waals surface area (Å²) in [6.07, 6.45) is -3.81. The molecular formula is C20H14F4N6O2. The number of alkyl halides is 3. The number of hydrogen-bond acceptors (Lipinski definition) is 5. The van der Waals surface area contributed by atoms with Crippen LogP contribution in [0.15, 0.2) is 47.9 Å². The molecule has 0 unspecified atom stereocenters. The summed E-state index contributed by atoms with van der Waals surface area (Å²) in [5.74, 6) is -1.19. The molecular weight excluding hydrogens is 432 g/mol. The van der Waals surface area contributed by atoms with Crippen molar-refractivity contribution in [2.75, 3.05) is 5.32 Å². The van der Waals surface area contributed by atoms with Crippen molar-refractivity contribution in [1.82, 2.24) is 24.1 Å². The number of halogens is 4. The van der Waals surface area contributed by atoms with Crippen molar-refractivity contribution >= 4 is 34.0 Å². The molecule has 0 aromatic carbocycles. The Morgan fingerprint density at radius 3 is 2.59 bits per heavy atom. The third kappa shape index (κ3) is 3.82. The summed E-state index contributed by atoms with van der Waals surface area (Å²) in [7, 11) is 0. The molecule has 4 aromatic heterocycles. The van der Waals surface area contributed by atoms with Crippen LogP contribution in [0, 0.1) is 5.82 Å². The van der Waals surface area contributed by atoms with Crippen LogP contribution in [-0.2, 0) is 17.5 Å². The summed E-state index contributed by atoms with van der Waals surface area (Å²) in [4.78, 5) is 32.9. The topological polar surface area (TPSA) is 94.2 Å². The molecule has 0 spiro atoms. The number of amides is 1. The van der Waals surface area contributed by atoms with Gasteiger partial charge in [-0.2, -0.15) is 22.8 Å². The molecule has 0 radical (unpaired) electrons. The van der Waals surface area contributed by atoms with Gasteiger partial charge in [-0.25, -0.2) is 14.4 Å².